The summed E-state index contributed by atoms with van der Waals surface area (Å²) < 4.78 is 0. The summed E-state index contributed by atoms with van der Waals surface area (Å²) >= 11 is 0. The number of fused-ring (bicyclic) bond motifs is 1. The summed E-state index contributed by atoms with van der Waals surface area (Å²) in [5, 5.41) is 3.48. The van der Waals surface area contributed by atoms with Gasteiger partial charge in [0.2, 0.25) is 5.91 Å². The highest BCUT2D eigenvalue weighted by molar-refractivity contribution is 5.83. The monoisotopic (exact) mass is 275 g/mol. The standard InChI is InChI=1S/C18H29NO/c20-17(19-15-6-2-1-3-7-15)18-10-4-5-14-11-13(12-18)8-9-16(14)18/h13-16H,1-12H2,(H,19,20). The van der Waals surface area contributed by atoms with Crippen LogP contribution in [-0.4, -0.2) is 11.9 Å². The van der Waals surface area contributed by atoms with E-state index in [2.05, 4.69) is 5.32 Å². The molecule has 0 heterocycles. The molecule has 5 fully saturated rings. The van der Waals surface area contributed by atoms with Crippen molar-refractivity contribution in [3.05, 3.63) is 0 Å². The Morgan fingerprint density at radius 2 is 1.80 bits per heavy atom. The van der Waals surface area contributed by atoms with Crippen LogP contribution in [0.3, 0.4) is 0 Å². The SMILES string of the molecule is O=C(NC1CCCCC1)C12CCCC3CC(CCC31)C2. The molecule has 0 aromatic heterocycles. The van der Waals surface area contributed by atoms with Crippen molar-refractivity contribution in [1.29, 1.82) is 0 Å². The van der Waals surface area contributed by atoms with Crippen molar-refractivity contribution in [2.75, 3.05) is 0 Å². The maximum atomic E-state index is 13.1. The third kappa shape index (κ3) is 2.02. The Hall–Kier alpha value is -0.530. The largest absolute Gasteiger partial charge is 0.353 e. The lowest BCUT2D eigenvalue weighted by molar-refractivity contribution is -0.154. The maximum absolute atomic E-state index is 13.1. The molecule has 5 rings (SSSR count). The Morgan fingerprint density at radius 3 is 2.60 bits per heavy atom. The van der Waals surface area contributed by atoms with Gasteiger partial charge in [-0.15, -0.1) is 0 Å². The number of carbonyl (C=O) groups excluding carboxylic acids is 1. The first-order chi connectivity index (χ1) is 9.78. The molecule has 1 amide bonds. The van der Waals surface area contributed by atoms with E-state index in [4.69, 9.17) is 0 Å². The summed E-state index contributed by atoms with van der Waals surface area (Å²) in [6, 6.07) is 0.492. The van der Waals surface area contributed by atoms with Crippen LogP contribution in [0.4, 0.5) is 0 Å². The van der Waals surface area contributed by atoms with Crippen molar-refractivity contribution >= 4 is 5.91 Å². The first kappa shape index (κ1) is 13.2. The van der Waals surface area contributed by atoms with Gasteiger partial charge in [-0.25, -0.2) is 0 Å². The quantitative estimate of drug-likeness (QED) is 0.809. The summed E-state index contributed by atoms with van der Waals surface area (Å²) in [7, 11) is 0. The number of nitrogens with one attached hydrogen (secondary N) is 1. The van der Waals surface area contributed by atoms with E-state index in [1.165, 1.54) is 77.0 Å². The zero-order valence-corrected chi connectivity index (χ0v) is 12.7. The van der Waals surface area contributed by atoms with Gasteiger partial charge in [-0.05, 0) is 56.3 Å². The zero-order chi connectivity index (χ0) is 13.6. The number of hydrogen-bond donors (Lipinski definition) is 1. The topological polar surface area (TPSA) is 29.1 Å². The van der Waals surface area contributed by atoms with E-state index in [0.717, 1.165) is 17.8 Å². The average molecular weight is 275 g/mol. The number of amides is 1. The van der Waals surface area contributed by atoms with Gasteiger partial charge in [0.1, 0.15) is 0 Å². The predicted molar refractivity (Wildman–Crippen MR) is 80.2 cm³/mol. The number of hydrogen-bond acceptors (Lipinski definition) is 1. The molecule has 5 aliphatic rings. The highest BCUT2D eigenvalue weighted by Gasteiger charge is 2.57. The Bertz CT molecular complexity index is 387. The van der Waals surface area contributed by atoms with Crippen molar-refractivity contribution in [2.45, 2.75) is 83.1 Å². The summed E-state index contributed by atoms with van der Waals surface area (Å²) in [4.78, 5) is 13.1. The van der Waals surface area contributed by atoms with Crippen LogP contribution < -0.4 is 5.32 Å². The van der Waals surface area contributed by atoms with Crippen LogP contribution >= 0.6 is 0 Å². The molecule has 0 aromatic rings. The molecule has 112 valence electrons. The smallest absolute Gasteiger partial charge is 0.226 e. The van der Waals surface area contributed by atoms with Gasteiger partial charge in [-0.3, -0.25) is 4.79 Å². The summed E-state index contributed by atoms with van der Waals surface area (Å²) in [5.74, 6) is 2.93. The fraction of sp³-hybridized carbons (Fsp3) is 0.944. The van der Waals surface area contributed by atoms with Crippen LogP contribution in [0.25, 0.3) is 0 Å². The third-order valence-electron chi connectivity index (χ3n) is 7.04. The maximum Gasteiger partial charge on any atom is 0.226 e. The van der Waals surface area contributed by atoms with Crippen molar-refractivity contribution in [3.8, 4) is 0 Å². The van der Waals surface area contributed by atoms with Gasteiger partial charge in [0.05, 0.1) is 5.41 Å². The van der Waals surface area contributed by atoms with Gasteiger partial charge in [0.25, 0.3) is 0 Å². The molecule has 0 spiro atoms. The second-order valence-corrected chi connectivity index (χ2v) is 8.11. The van der Waals surface area contributed by atoms with E-state index in [0.29, 0.717) is 11.9 Å². The zero-order valence-electron chi connectivity index (χ0n) is 12.7. The van der Waals surface area contributed by atoms with Crippen molar-refractivity contribution in [2.24, 2.45) is 23.2 Å². The van der Waals surface area contributed by atoms with Gasteiger partial charge in [0, 0.05) is 6.04 Å². The van der Waals surface area contributed by atoms with E-state index in [9.17, 15) is 4.79 Å². The Labute approximate surface area is 123 Å². The Morgan fingerprint density at radius 1 is 0.950 bits per heavy atom. The van der Waals surface area contributed by atoms with Gasteiger partial charge in [-0.1, -0.05) is 38.5 Å². The van der Waals surface area contributed by atoms with E-state index in [-0.39, 0.29) is 5.41 Å². The molecule has 20 heavy (non-hydrogen) atoms. The van der Waals surface area contributed by atoms with Crippen LogP contribution in [0.2, 0.25) is 0 Å². The van der Waals surface area contributed by atoms with Crippen LogP contribution in [0.15, 0.2) is 0 Å². The first-order valence-corrected chi connectivity index (χ1v) is 9.09. The lowest BCUT2D eigenvalue weighted by atomic mass is 9.47. The molecule has 0 aliphatic heterocycles. The molecule has 5 saturated carbocycles. The van der Waals surface area contributed by atoms with Gasteiger partial charge in [0.15, 0.2) is 0 Å². The molecule has 0 aromatic carbocycles. The normalized spacial score (nSPS) is 44.3. The molecule has 4 atom stereocenters. The van der Waals surface area contributed by atoms with Gasteiger partial charge < -0.3 is 5.32 Å². The van der Waals surface area contributed by atoms with Crippen molar-refractivity contribution in [3.63, 3.8) is 0 Å². The van der Waals surface area contributed by atoms with Crippen LogP contribution in [-0.2, 0) is 4.79 Å². The predicted octanol–water partition coefficient (Wildman–Crippen LogP) is 4.04. The van der Waals surface area contributed by atoms with Crippen LogP contribution in [0.5, 0.6) is 0 Å². The molecule has 0 saturated heterocycles. The minimum atomic E-state index is 0.0571. The van der Waals surface area contributed by atoms with E-state index in [1.54, 1.807) is 0 Å². The minimum absolute atomic E-state index is 0.0571. The molecule has 2 heteroatoms. The number of rotatable bonds is 2. The third-order valence-corrected chi connectivity index (χ3v) is 7.04. The second kappa shape index (κ2) is 5.03. The molecule has 0 radical (unpaired) electrons. The molecule has 4 bridgehead atoms. The van der Waals surface area contributed by atoms with E-state index >= 15 is 0 Å². The van der Waals surface area contributed by atoms with Crippen molar-refractivity contribution < 1.29 is 4.79 Å². The number of carbonyl (C=O) groups is 1. The van der Waals surface area contributed by atoms with Crippen LogP contribution in [0, 0.1) is 23.2 Å². The van der Waals surface area contributed by atoms with E-state index in [1.807, 2.05) is 0 Å². The fourth-order valence-electron chi connectivity index (χ4n) is 6.18. The lowest BCUT2D eigenvalue weighted by Crippen LogP contribution is -2.58. The summed E-state index contributed by atoms with van der Waals surface area (Å²) in [5.41, 5.74) is 0.0571. The molecular weight excluding hydrogens is 246 g/mol. The lowest BCUT2D eigenvalue weighted by Gasteiger charge is -2.57. The van der Waals surface area contributed by atoms with Crippen molar-refractivity contribution in [1.82, 2.24) is 5.32 Å². The summed E-state index contributed by atoms with van der Waals surface area (Å²) in [6.45, 7) is 0. The highest BCUT2D eigenvalue weighted by atomic mass is 16.2. The first-order valence-electron chi connectivity index (χ1n) is 9.09. The summed E-state index contributed by atoms with van der Waals surface area (Å²) in [6.07, 6.45) is 15.7. The minimum Gasteiger partial charge on any atom is -0.353 e. The molecule has 4 unspecified atom stereocenters. The van der Waals surface area contributed by atoms with Gasteiger partial charge in [-0.2, -0.15) is 0 Å². The molecule has 5 aliphatic carbocycles. The van der Waals surface area contributed by atoms with E-state index < -0.39 is 0 Å². The Kier molecular flexibility index (Phi) is 3.31. The highest BCUT2D eigenvalue weighted by Crippen LogP contribution is 2.61. The Balaban J connectivity index is 1.51. The fourth-order valence-corrected chi connectivity index (χ4v) is 6.18. The van der Waals surface area contributed by atoms with Gasteiger partial charge >= 0.3 is 0 Å². The average Bonchev–Trinajstić information content (AvgIpc) is 2.48. The molecule has 1 N–H and O–H groups in total. The second-order valence-electron chi connectivity index (χ2n) is 8.11. The molecular formula is C18H29NO. The molecule has 2 nitrogen and oxygen atoms in total. The van der Waals surface area contributed by atoms with Crippen LogP contribution in [0.1, 0.15) is 77.0 Å².